The molecular weight excluding hydrogens is 468 g/mol. The largest absolute Gasteiger partial charge is 0.356 e. The molecule has 8 nitrogen and oxygen atoms in total. The van der Waals surface area contributed by atoms with Crippen molar-refractivity contribution in [2.45, 2.75) is 72.0 Å². The predicted octanol–water partition coefficient (Wildman–Crippen LogP) is 3.24. The molecule has 3 rings (SSSR count). The Balaban J connectivity index is 1.67. The Morgan fingerprint density at radius 1 is 0.865 bits per heavy atom. The molecule has 1 aromatic heterocycles. The van der Waals surface area contributed by atoms with E-state index in [0.29, 0.717) is 42.6 Å². The second kappa shape index (κ2) is 13.6. The van der Waals surface area contributed by atoms with Crippen LogP contribution in [0.3, 0.4) is 0 Å². The van der Waals surface area contributed by atoms with Crippen molar-refractivity contribution in [2.24, 2.45) is 5.92 Å². The number of unbranched alkanes of at least 4 members (excludes halogenated alkanes) is 1. The molecule has 1 unspecified atom stereocenters. The van der Waals surface area contributed by atoms with Crippen molar-refractivity contribution >= 4 is 22.7 Å². The van der Waals surface area contributed by atoms with Gasteiger partial charge in [0.25, 0.3) is 5.56 Å². The summed E-state index contributed by atoms with van der Waals surface area (Å²) in [6, 6.07) is 16.9. The number of aryl methyl sites for hydroxylation is 1. The van der Waals surface area contributed by atoms with E-state index >= 15 is 0 Å². The summed E-state index contributed by atoms with van der Waals surface area (Å²) in [7, 11) is 0. The summed E-state index contributed by atoms with van der Waals surface area (Å²) in [5.41, 5.74) is 0.752. The number of fused-ring (bicyclic) bond motifs is 1. The molecule has 0 aliphatic heterocycles. The van der Waals surface area contributed by atoms with E-state index in [2.05, 4.69) is 22.8 Å². The number of benzene rings is 2. The number of para-hydroxylation sites is 1. The molecule has 8 heteroatoms. The van der Waals surface area contributed by atoms with E-state index in [-0.39, 0.29) is 36.5 Å². The van der Waals surface area contributed by atoms with Gasteiger partial charge in [0.15, 0.2) is 0 Å². The van der Waals surface area contributed by atoms with Gasteiger partial charge in [0.1, 0.15) is 6.54 Å². The standard InChI is InChI=1S/C29H38N4O4/c1-21(2)19-30-26(34)15-9-10-18-32-28(36)24-13-7-8-14-25(24)33(29(32)37)20-27(35)31-22(3)16-17-23-11-5-4-6-12-23/h4-8,11-14,21-22H,9-10,15-20H2,1-3H3,(H,30,34)(H,31,35). The van der Waals surface area contributed by atoms with Crippen LogP contribution < -0.4 is 21.9 Å². The van der Waals surface area contributed by atoms with E-state index in [1.165, 1.54) is 14.7 Å². The molecule has 0 saturated carbocycles. The number of amides is 2. The van der Waals surface area contributed by atoms with E-state index in [0.717, 1.165) is 12.8 Å². The molecule has 198 valence electrons. The summed E-state index contributed by atoms with van der Waals surface area (Å²) in [6.07, 6.45) is 3.01. The first-order valence-corrected chi connectivity index (χ1v) is 13.1. The summed E-state index contributed by atoms with van der Waals surface area (Å²) in [6.45, 7) is 6.65. The number of nitrogens with one attached hydrogen (secondary N) is 2. The monoisotopic (exact) mass is 506 g/mol. The first-order valence-electron chi connectivity index (χ1n) is 13.1. The molecule has 2 amide bonds. The molecule has 0 aliphatic carbocycles. The van der Waals surface area contributed by atoms with Crippen molar-refractivity contribution in [1.29, 1.82) is 0 Å². The third kappa shape index (κ3) is 8.17. The van der Waals surface area contributed by atoms with Crippen molar-refractivity contribution in [3.05, 3.63) is 81.0 Å². The molecule has 3 aromatic rings. The fourth-order valence-electron chi connectivity index (χ4n) is 4.25. The fraction of sp³-hybridized carbons (Fsp3) is 0.448. The van der Waals surface area contributed by atoms with Gasteiger partial charge in [0.2, 0.25) is 11.8 Å². The molecule has 0 spiro atoms. The second-order valence-electron chi connectivity index (χ2n) is 9.99. The minimum Gasteiger partial charge on any atom is -0.356 e. The Morgan fingerprint density at radius 3 is 2.30 bits per heavy atom. The van der Waals surface area contributed by atoms with E-state index in [4.69, 9.17) is 0 Å². The minimum atomic E-state index is -0.514. The first kappa shape index (κ1) is 27.9. The normalized spacial score (nSPS) is 12.0. The molecule has 0 saturated heterocycles. The number of carbonyl (C=O) groups excluding carboxylic acids is 2. The van der Waals surface area contributed by atoms with Gasteiger partial charge < -0.3 is 10.6 Å². The molecule has 1 heterocycles. The Hall–Kier alpha value is -3.68. The van der Waals surface area contributed by atoms with Crippen molar-refractivity contribution < 1.29 is 9.59 Å². The van der Waals surface area contributed by atoms with E-state index < -0.39 is 5.69 Å². The molecule has 2 N–H and O–H groups in total. The number of hydrogen-bond acceptors (Lipinski definition) is 4. The topological polar surface area (TPSA) is 102 Å². The zero-order valence-electron chi connectivity index (χ0n) is 22.0. The van der Waals surface area contributed by atoms with Crippen LogP contribution in [-0.2, 0) is 29.1 Å². The van der Waals surface area contributed by atoms with Gasteiger partial charge in [-0.2, -0.15) is 0 Å². The fourth-order valence-corrected chi connectivity index (χ4v) is 4.25. The number of carbonyl (C=O) groups is 2. The Labute approximate surface area is 217 Å². The maximum Gasteiger partial charge on any atom is 0.331 e. The molecule has 0 radical (unpaired) electrons. The summed E-state index contributed by atoms with van der Waals surface area (Å²) in [4.78, 5) is 51.2. The van der Waals surface area contributed by atoms with Crippen LogP contribution in [0, 0.1) is 5.92 Å². The van der Waals surface area contributed by atoms with Gasteiger partial charge in [-0.05, 0) is 56.2 Å². The number of aromatic nitrogens is 2. The number of hydrogen-bond donors (Lipinski definition) is 2. The van der Waals surface area contributed by atoms with E-state index in [1.54, 1.807) is 24.3 Å². The minimum absolute atomic E-state index is 0.0324. The summed E-state index contributed by atoms with van der Waals surface area (Å²) < 4.78 is 2.55. The summed E-state index contributed by atoms with van der Waals surface area (Å²) in [5, 5.41) is 6.24. The van der Waals surface area contributed by atoms with Crippen molar-refractivity contribution in [1.82, 2.24) is 19.8 Å². The van der Waals surface area contributed by atoms with Crippen molar-refractivity contribution in [2.75, 3.05) is 6.54 Å². The molecular formula is C29H38N4O4. The Bertz CT molecular complexity index is 1310. The molecule has 2 aromatic carbocycles. The van der Waals surface area contributed by atoms with Crippen LogP contribution in [-0.4, -0.2) is 33.5 Å². The average molecular weight is 507 g/mol. The zero-order chi connectivity index (χ0) is 26.8. The predicted molar refractivity (Wildman–Crippen MR) is 147 cm³/mol. The summed E-state index contributed by atoms with van der Waals surface area (Å²) in [5.74, 6) is 0.0671. The Kier molecular flexibility index (Phi) is 10.2. The van der Waals surface area contributed by atoms with Crippen LogP contribution in [0.4, 0.5) is 0 Å². The van der Waals surface area contributed by atoms with Crippen LogP contribution in [0.1, 0.15) is 52.0 Å². The molecule has 1 atom stereocenters. The van der Waals surface area contributed by atoms with E-state index in [1.807, 2.05) is 39.0 Å². The Morgan fingerprint density at radius 2 is 1.57 bits per heavy atom. The second-order valence-corrected chi connectivity index (χ2v) is 9.99. The molecule has 37 heavy (non-hydrogen) atoms. The first-order chi connectivity index (χ1) is 17.8. The lowest BCUT2D eigenvalue weighted by molar-refractivity contribution is -0.122. The van der Waals surface area contributed by atoms with Gasteiger partial charge in [0, 0.05) is 25.6 Å². The van der Waals surface area contributed by atoms with Gasteiger partial charge >= 0.3 is 5.69 Å². The number of nitrogens with zero attached hydrogens (tertiary/aromatic N) is 2. The van der Waals surface area contributed by atoms with Gasteiger partial charge in [-0.25, -0.2) is 4.79 Å². The van der Waals surface area contributed by atoms with Crippen molar-refractivity contribution in [3.63, 3.8) is 0 Å². The quantitative estimate of drug-likeness (QED) is 0.348. The maximum absolute atomic E-state index is 13.3. The van der Waals surface area contributed by atoms with Crippen LogP contribution in [0.2, 0.25) is 0 Å². The third-order valence-corrected chi connectivity index (χ3v) is 6.29. The lowest BCUT2D eigenvalue weighted by Gasteiger charge is -2.17. The molecule has 0 fully saturated rings. The van der Waals surface area contributed by atoms with E-state index in [9.17, 15) is 19.2 Å². The van der Waals surface area contributed by atoms with Gasteiger partial charge in [-0.1, -0.05) is 56.3 Å². The van der Waals surface area contributed by atoms with Gasteiger partial charge in [-0.15, -0.1) is 0 Å². The van der Waals surface area contributed by atoms with Crippen molar-refractivity contribution in [3.8, 4) is 0 Å². The lowest BCUT2D eigenvalue weighted by atomic mass is 10.1. The maximum atomic E-state index is 13.3. The van der Waals surface area contributed by atoms with Crippen LogP contribution in [0.15, 0.2) is 64.2 Å². The summed E-state index contributed by atoms with van der Waals surface area (Å²) >= 11 is 0. The average Bonchev–Trinajstić information content (AvgIpc) is 2.88. The van der Waals surface area contributed by atoms with Gasteiger partial charge in [-0.3, -0.25) is 23.5 Å². The molecule has 0 bridgehead atoms. The third-order valence-electron chi connectivity index (χ3n) is 6.29. The highest BCUT2D eigenvalue weighted by molar-refractivity contribution is 5.81. The van der Waals surface area contributed by atoms with Crippen LogP contribution in [0.5, 0.6) is 0 Å². The molecule has 0 aliphatic rings. The smallest absolute Gasteiger partial charge is 0.331 e. The highest BCUT2D eigenvalue weighted by atomic mass is 16.2. The SMILES string of the molecule is CC(C)CNC(=O)CCCCn1c(=O)c2ccccc2n(CC(=O)NC(C)CCc2ccccc2)c1=O. The highest BCUT2D eigenvalue weighted by Crippen LogP contribution is 2.09. The van der Waals surface area contributed by atoms with Crippen LogP contribution >= 0.6 is 0 Å². The lowest BCUT2D eigenvalue weighted by Crippen LogP contribution is -2.44. The highest BCUT2D eigenvalue weighted by Gasteiger charge is 2.16. The number of rotatable bonds is 13. The zero-order valence-corrected chi connectivity index (χ0v) is 22.0. The van der Waals surface area contributed by atoms with Crippen LogP contribution in [0.25, 0.3) is 10.9 Å². The van der Waals surface area contributed by atoms with Gasteiger partial charge in [0.05, 0.1) is 10.9 Å².